The van der Waals surface area contributed by atoms with Gasteiger partial charge in [-0.25, -0.2) is 0 Å². The van der Waals surface area contributed by atoms with Crippen molar-refractivity contribution >= 4 is 0 Å². The first-order valence-corrected chi connectivity index (χ1v) is 11.9. The normalized spacial score (nSPS) is 35.4. The van der Waals surface area contributed by atoms with Gasteiger partial charge in [0, 0.05) is 17.4 Å². The van der Waals surface area contributed by atoms with Gasteiger partial charge in [-0.3, -0.25) is 0 Å². The zero-order valence-electron chi connectivity index (χ0n) is 17.9. The van der Waals surface area contributed by atoms with Crippen molar-refractivity contribution in [3.05, 3.63) is 12.2 Å². The average molecular weight is 362 g/mol. The molecule has 0 bridgehead atoms. The highest BCUT2D eigenvalue weighted by atomic mass is 15.4. The van der Waals surface area contributed by atoms with Crippen molar-refractivity contribution < 1.29 is 4.48 Å². The molecule has 1 saturated carbocycles. The summed E-state index contributed by atoms with van der Waals surface area (Å²) in [5.41, 5.74) is 0.715. The van der Waals surface area contributed by atoms with Crippen molar-refractivity contribution in [1.29, 1.82) is 0 Å². The van der Waals surface area contributed by atoms with Gasteiger partial charge >= 0.3 is 0 Å². The van der Waals surface area contributed by atoms with E-state index in [0.717, 1.165) is 17.9 Å². The van der Waals surface area contributed by atoms with Crippen LogP contribution in [0.5, 0.6) is 0 Å². The number of hydrogen-bond acceptors (Lipinski definition) is 1. The van der Waals surface area contributed by atoms with Crippen LogP contribution in [0.25, 0.3) is 0 Å². The second-order valence-electron chi connectivity index (χ2n) is 10.1. The number of nitrogens with zero attached hydrogens (tertiary/aromatic N) is 1. The van der Waals surface area contributed by atoms with Crippen LogP contribution in [0, 0.1) is 17.3 Å². The molecule has 1 N–H and O–H groups in total. The molecule has 0 aromatic carbocycles. The minimum Gasteiger partial charge on any atom is -0.325 e. The lowest BCUT2D eigenvalue weighted by Crippen LogP contribution is -2.50. The van der Waals surface area contributed by atoms with Crippen LogP contribution in [0.1, 0.15) is 84.5 Å². The highest BCUT2D eigenvalue weighted by molar-refractivity contribution is 5.15. The molecule has 0 radical (unpaired) electrons. The van der Waals surface area contributed by atoms with Crippen LogP contribution in [0.15, 0.2) is 12.2 Å². The van der Waals surface area contributed by atoms with Gasteiger partial charge in [0.2, 0.25) is 0 Å². The molecule has 2 heteroatoms. The molecule has 0 aromatic heterocycles. The molecule has 1 heterocycles. The van der Waals surface area contributed by atoms with Gasteiger partial charge in [0.25, 0.3) is 0 Å². The van der Waals surface area contributed by atoms with E-state index >= 15 is 0 Å². The van der Waals surface area contributed by atoms with Gasteiger partial charge in [0.05, 0.1) is 26.7 Å². The van der Waals surface area contributed by atoms with Crippen molar-refractivity contribution in [2.24, 2.45) is 17.3 Å². The van der Waals surface area contributed by atoms with E-state index in [1.54, 1.807) is 0 Å². The van der Waals surface area contributed by atoms with Crippen molar-refractivity contribution in [3.8, 4) is 0 Å². The first-order chi connectivity index (χ1) is 12.6. The molecule has 4 atom stereocenters. The Balaban J connectivity index is 1.36. The molecule has 2 fully saturated rings. The molecule has 1 aliphatic heterocycles. The molecule has 2 aliphatic carbocycles. The molecule has 3 aliphatic rings. The fourth-order valence-electron chi connectivity index (χ4n) is 6.35. The van der Waals surface area contributed by atoms with Gasteiger partial charge in [-0.2, -0.15) is 0 Å². The SMILES string of the molecule is CCCCC(CCCC)NCCCC[N+]1(C)CC2CC=CC3CCC32C1. The van der Waals surface area contributed by atoms with Gasteiger partial charge in [0.1, 0.15) is 0 Å². The zero-order valence-corrected chi connectivity index (χ0v) is 17.9. The predicted octanol–water partition coefficient (Wildman–Crippen LogP) is 5.54. The molecule has 150 valence electrons. The van der Waals surface area contributed by atoms with Crippen LogP contribution in [0.4, 0.5) is 0 Å². The topological polar surface area (TPSA) is 12.0 Å². The molecule has 2 nitrogen and oxygen atoms in total. The summed E-state index contributed by atoms with van der Waals surface area (Å²) in [5, 5.41) is 3.89. The summed E-state index contributed by atoms with van der Waals surface area (Å²) in [4.78, 5) is 0. The largest absolute Gasteiger partial charge is 0.325 e. The summed E-state index contributed by atoms with van der Waals surface area (Å²) in [7, 11) is 2.56. The minimum absolute atomic E-state index is 0.715. The van der Waals surface area contributed by atoms with Crippen LogP contribution >= 0.6 is 0 Å². The highest BCUT2D eigenvalue weighted by Gasteiger charge is 2.61. The lowest BCUT2D eigenvalue weighted by atomic mass is 9.53. The number of likely N-dealkylation sites (tertiary alicyclic amines) is 1. The highest BCUT2D eigenvalue weighted by Crippen LogP contribution is 2.60. The number of rotatable bonds is 12. The molecular weight excluding hydrogens is 316 g/mol. The maximum atomic E-state index is 3.89. The third kappa shape index (κ3) is 4.55. The van der Waals surface area contributed by atoms with Crippen LogP contribution in [0.2, 0.25) is 0 Å². The Morgan fingerprint density at radius 1 is 1.12 bits per heavy atom. The van der Waals surface area contributed by atoms with E-state index < -0.39 is 0 Å². The second-order valence-corrected chi connectivity index (χ2v) is 10.1. The summed E-state index contributed by atoms with van der Waals surface area (Å²) in [6, 6.07) is 0.773. The van der Waals surface area contributed by atoms with Gasteiger partial charge in [-0.05, 0) is 57.4 Å². The molecule has 0 aromatic rings. The maximum Gasteiger partial charge on any atom is 0.0852 e. The molecule has 1 saturated heterocycles. The first kappa shape index (κ1) is 20.4. The standard InChI is InChI=1S/C24H45N2/c1-4-6-13-23(14-7-5-2)25-17-8-9-18-26(3)19-22-12-10-11-21-15-16-24(21,22)20-26/h10-11,21-23,25H,4-9,12-20H2,1-3H3/q+1. The lowest BCUT2D eigenvalue weighted by Gasteiger charge is -2.50. The number of quaternary nitrogens is 1. The van der Waals surface area contributed by atoms with E-state index in [1.165, 1.54) is 101 Å². The van der Waals surface area contributed by atoms with Crippen molar-refractivity contribution in [2.75, 3.05) is 33.2 Å². The smallest absolute Gasteiger partial charge is 0.0852 e. The van der Waals surface area contributed by atoms with Gasteiger partial charge < -0.3 is 9.80 Å². The average Bonchev–Trinajstić information content (AvgIpc) is 2.94. The lowest BCUT2D eigenvalue weighted by molar-refractivity contribution is -0.902. The summed E-state index contributed by atoms with van der Waals surface area (Å²) in [5.74, 6) is 1.92. The number of allylic oxidation sites excluding steroid dienone is 2. The minimum atomic E-state index is 0.715. The quantitative estimate of drug-likeness (QED) is 0.273. The van der Waals surface area contributed by atoms with E-state index in [1.807, 2.05) is 0 Å². The monoisotopic (exact) mass is 361 g/mol. The van der Waals surface area contributed by atoms with Crippen molar-refractivity contribution in [3.63, 3.8) is 0 Å². The summed E-state index contributed by atoms with van der Waals surface area (Å²) in [6.07, 6.45) is 20.4. The Morgan fingerprint density at radius 3 is 2.50 bits per heavy atom. The molecule has 1 spiro atoms. The summed E-state index contributed by atoms with van der Waals surface area (Å²) < 4.78 is 1.36. The van der Waals surface area contributed by atoms with Gasteiger partial charge in [-0.15, -0.1) is 0 Å². The fourth-order valence-corrected chi connectivity index (χ4v) is 6.35. The molecule has 4 unspecified atom stereocenters. The Morgan fingerprint density at radius 2 is 1.88 bits per heavy atom. The summed E-state index contributed by atoms with van der Waals surface area (Å²) >= 11 is 0. The molecule has 0 amide bonds. The van der Waals surface area contributed by atoms with Crippen LogP contribution in [-0.2, 0) is 0 Å². The maximum absolute atomic E-state index is 3.89. The van der Waals surface area contributed by atoms with Gasteiger partial charge in [-0.1, -0.05) is 51.7 Å². The Bertz CT molecular complexity index is 451. The van der Waals surface area contributed by atoms with E-state index in [9.17, 15) is 0 Å². The number of hydrogen-bond donors (Lipinski definition) is 1. The zero-order chi connectivity index (χ0) is 18.5. The number of unbranched alkanes of at least 4 members (excludes halogenated alkanes) is 3. The third-order valence-electron chi connectivity index (χ3n) is 7.97. The predicted molar refractivity (Wildman–Crippen MR) is 113 cm³/mol. The van der Waals surface area contributed by atoms with E-state index in [0.29, 0.717) is 5.41 Å². The third-order valence-corrected chi connectivity index (χ3v) is 7.97. The Labute approximate surface area is 163 Å². The van der Waals surface area contributed by atoms with Crippen LogP contribution in [-0.4, -0.2) is 43.8 Å². The fraction of sp³-hybridized carbons (Fsp3) is 0.917. The first-order valence-electron chi connectivity index (χ1n) is 11.9. The van der Waals surface area contributed by atoms with E-state index in [4.69, 9.17) is 0 Å². The van der Waals surface area contributed by atoms with Crippen LogP contribution < -0.4 is 5.32 Å². The Kier molecular flexibility index (Phi) is 7.25. The van der Waals surface area contributed by atoms with E-state index in [-0.39, 0.29) is 0 Å². The van der Waals surface area contributed by atoms with Crippen molar-refractivity contribution in [1.82, 2.24) is 5.32 Å². The molecule has 26 heavy (non-hydrogen) atoms. The second kappa shape index (κ2) is 9.24. The summed E-state index contributed by atoms with van der Waals surface area (Å²) in [6.45, 7) is 10.2. The van der Waals surface area contributed by atoms with Gasteiger partial charge in [0.15, 0.2) is 0 Å². The number of nitrogens with one attached hydrogen (secondary N) is 1. The van der Waals surface area contributed by atoms with Crippen LogP contribution in [0.3, 0.4) is 0 Å². The Hall–Kier alpha value is -0.340. The molecular formula is C24H45N2+. The van der Waals surface area contributed by atoms with Crippen molar-refractivity contribution in [2.45, 2.75) is 90.5 Å². The molecule has 3 rings (SSSR count). The van der Waals surface area contributed by atoms with E-state index in [2.05, 4.69) is 38.4 Å².